The Bertz CT molecular complexity index is 970. The van der Waals surface area contributed by atoms with E-state index in [2.05, 4.69) is 33.5 Å². The third kappa shape index (κ3) is 12.9. The fraction of sp³-hybridized carbons (Fsp3) is 0.806. The highest BCUT2D eigenvalue weighted by molar-refractivity contribution is 5.95. The first-order chi connectivity index (χ1) is 20.1. The zero-order valence-corrected chi connectivity index (χ0v) is 27.5. The highest BCUT2D eigenvalue weighted by Gasteiger charge is 2.35. The summed E-state index contributed by atoms with van der Waals surface area (Å²) in [6, 6.07) is -4.01. The lowest BCUT2D eigenvalue weighted by molar-refractivity contribution is -0.160. The molecule has 12 heteroatoms. The quantitative estimate of drug-likeness (QED) is 0.196. The second-order valence-corrected chi connectivity index (χ2v) is 12.7. The van der Waals surface area contributed by atoms with Gasteiger partial charge in [0.1, 0.15) is 30.3 Å². The third-order valence-corrected chi connectivity index (χ3v) is 7.73. The van der Waals surface area contributed by atoms with Crippen LogP contribution in [0.5, 0.6) is 0 Å². The number of ether oxygens (including phenoxy) is 1. The number of nitrogens with one attached hydrogen (secondary N) is 5. The first kappa shape index (κ1) is 37.8. The van der Waals surface area contributed by atoms with Crippen molar-refractivity contribution in [1.82, 2.24) is 26.6 Å². The number of cyclic esters (lactones) is 1. The average molecular weight is 610 g/mol. The van der Waals surface area contributed by atoms with Crippen LogP contribution in [0.15, 0.2) is 0 Å². The molecule has 1 rings (SSSR count). The van der Waals surface area contributed by atoms with Gasteiger partial charge in [0.15, 0.2) is 0 Å². The van der Waals surface area contributed by atoms with Gasteiger partial charge in [0.25, 0.3) is 0 Å². The maximum Gasteiger partial charge on any atom is 0.328 e. The van der Waals surface area contributed by atoms with Crippen molar-refractivity contribution in [2.24, 2.45) is 23.7 Å². The van der Waals surface area contributed by atoms with Gasteiger partial charge in [-0.25, -0.2) is 4.79 Å². The molecule has 0 aromatic rings. The number of carbonyl (C=O) groups is 6. The van der Waals surface area contributed by atoms with E-state index in [1.54, 1.807) is 20.8 Å². The Labute approximate surface area is 257 Å². The van der Waals surface area contributed by atoms with Crippen molar-refractivity contribution < 1.29 is 33.5 Å². The zero-order valence-electron chi connectivity index (χ0n) is 27.5. The summed E-state index contributed by atoms with van der Waals surface area (Å²) in [6.07, 6.45) is 4.28. The van der Waals surface area contributed by atoms with Crippen molar-refractivity contribution in [3.05, 3.63) is 0 Å². The van der Waals surface area contributed by atoms with Crippen LogP contribution < -0.4 is 26.6 Å². The molecular formula is C31H55N5O7. The van der Waals surface area contributed by atoms with Crippen molar-refractivity contribution in [3.8, 4) is 0 Å². The molecule has 246 valence electrons. The van der Waals surface area contributed by atoms with Crippen LogP contribution >= 0.6 is 0 Å². The molecule has 5 N–H and O–H groups in total. The smallest absolute Gasteiger partial charge is 0.328 e. The molecule has 1 heterocycles. The molecule has 7 atom stereocenters. The third-order valence-electron chi connectivity index (χ3n) is 7.73. The Morgan fingerprint density at radius 2 is 1.37 bits per heavy atom. The summed E-state index contributed by atoms with van der Waals surface area (Å²) >= 11 is 0. The van der Waals surface area contributed by atoms with Gasteiger partial charge >= 0.3 is 5.97 Å². The van der Waals surface area contributed by atoms with Crippen LogP contribution in [0.1, 0.15) is 101 Å². The normalized spacial score (nSPS) is 28.0. The molecule has 1 saturated heterocycles. The molecule has 1 aliphatic rings. The topological polar surface area (TPSA) is 172 Å². The SMILES string of the molecule is CCCCCC[C@H](C)[C@H]1OC(=O)[C@H](C)NC(=O)[C@H](C)NC(=O)[C@H](CC(C)C)NC(=O)[C@H](C(C)C)NC(=O)CNC(=O)[C@@H]1C. The molecule has 1 aliphatic heterocycles. The van der Waals surface area contributed by atoms with Crippen LogP contribution in [0, 0.1) is 23.7 Å². The molecule has 0 unspecified atom stereocenters. The summed E-state index contributed by atoms with van der Waals surface area (Å²) in [7, 11) is 0. The number of hydrogen-bond donors (Lipinski definition) is 5. The van der Waals surface area contributed by atoms with E-state index in [9.17, 15) is 28.8 Å². The Balaban J connectivity index is 3.34. The molecule has 12 nitrogen and oxygen atoms in total. The van der Waals surface area contributed by atoms with Crippen LogP contribution in [0.2, 0.25) is 0 Å². The van der Waals surface area contributed by atoms with E-state index in [-0.39, 0.29) is 24.3 Å². The van der Waals surface area contributed by atoms with Crippen LogP contribution in [-0.2, 0) is 33.5 Å². The highest BCUT2D eigenvalue weighted by Crippen LogP contribution is 2.24. The van der Waals surface area contributed by atoms with Gasteiger partial charge < -0.3 is 31.3 Å². The first-order valence-corrected chi connectivity index (χ1v) is 15.8. The number of rotatable bonds is 9. The Kier molecular flexibility index (Phi) is 16.3. The summed E-state index contributed by atoms with van der Waals surface area (Å²) in [5, 5.41) is 13.2. The Morgan fingerprint density at radius 1 is 0.744 bits per heavy atom. The van der Waals surface area contributed by atoms with E-state index in [1.807, 2.05) is 20.8 Å². The van der Waals surface area contributed by atoms with Gasteiger partial charge in [-0.2, -0.15) is 0 Å². The van der Waals surface area contributed by atoms with Gasteiger partial charge in [0.05, 0.1) is 12.5 Å². The second kappa shape index (κ2) is 18.5. The fourth-order valence-electron chi connectivity index (χ4n) is 4.98. The number of unbranched alkanes of at least 4 members (excludes halogenated alkanes) is 3. The van der Waals surface area contributed by atoms with E-state index in [1.165, 1.54) is 13.8 Å². The van der Waals surface area contributed by atoms with Crippen molar-refractivity contribution >= 4 is 35.5 Å². The second-order valence-electron chi connectivity index (χ2n) is 12.7. The Hall–Kier alpha value is -3.18. The van der Waals surface area contributed by atoms with Gasteiger partial charge in [-0.15, -0.1) is 0 Å². The number of hydrogen-bond acceptors (Lipinski definition) is 7. The summed E-state index contributed by atoms with van der Waals surface area (Å²) in [4.78, 5) is 78.4. The summed E-state index contributed by atoms with van der Waals surface area (Å²) < 4.78 is 5.83. The zero-order chi connectivity index (χ0) is 32.9. The van der Waals surface area contributed by atoms with Crippen molar-refractivity contribution in [2.75, 3.05) is 6.54 Å². The van der Waals surface area contributed by atoms with Crippen LogP contribution in [0.3, 0.4) is 0 Å². The van der Waals surface area contributed by atoms with E-state index < -0.39 is 71.7 Å². The molecule has 0 radical (unpaired) electrons. The van der Waals surface area contributed by atoms with Crippen LogP contribution in [-0.4, -0.2) is 72.3 Å². The standard InChI is InChI=1S/C31H55N5O7/c1-10-11-12-13-14-19(6)26-20(7)27(38)32-16-24(37)36-25(18(4)5)30(41)35-23(15-17(2)3)29(40)33-21(8)28(39)34-22(9)31(42)43-26/h17-23,25-26H,10-16H2,1-9H3,(H,32,38)(H,33,40)(H,34,39)(H,35,41)(H,36,37)/t19-,20+,21-,22-,23-,25-,26+/m0/s1. The fourth-order valence-corrected chi connectivity index (χ4v) is 4.98. The maximum absolute atomic E-state index is 13.2. The minimum Gasteiger partial charge on any atom is -0.460 e. The molecule has 5 amide bonds. The predicted molar refractivity (Wildman–Crippen MR) is 163 cm³/mol. The molecular weight excluding hydrogens is 554 g/mol. The minimum atomic E-state index is -1.05. The molecule has 0 spiro atoms. The summed E-state index contributed by atoms with van der Waals surface area (Å²) in [6.45, 7) is 15.5. The van der Waals surface area contributed by atoms with Gasteiger partial charge in [0, 0.05) is 0 Å². The highest BCUT2D eigenvalue weighted by atomic mass is 16.5. The number of esters is 1. The lowest BCUT2D eigenvalue weighted by atomic mass is 9.88. The van der Waals surface area contributed by atoms with E-state index in [0.29, 0.717) is 6.42 Å². The first-order valence-electron chi connectivity index (χ1n) is 15.8. The molecule has 0 aliphatic carbocycles. The number of carbonyl (C=O) groups excluding carboxylic acids is 6. The molecule has 1 fully saturated rings. The van der Waals surface area contributed by atoms with Gasteiger partial charge in [-0.1, -0.05) is 74.1 Å². The molecule has 0 aromatic heterocycles. The lowest BCUT2D eigenvalue weighted by Gasteiger charge is -2.30. The molecule has 0 saturated carbocycles. The molecule has 0 aromatic carbocycles. The van der Waals surface area contributed by atoms with Crippen molar-refractivity contribution in [3.63, 3.8) is 0 Å². The Morgan fingerprint density at radius 3 is 1.95 bits per heavy atom. The molecule has 43 heavy (non-hydrogen) atoms. The predicted octanol–water partition coefficient (Wildman–Crippen LogP) is 1.95. The van der Waals surface area contributed by atoms with E-state index in [4.69, 9.17) is 4.74 Å². The van der Waals surface area contributed by atoms with Gasteiger partial charge in [0.2, 0.25) is 29.5 Å². The van der Waals surface area contributed by atoms with Gasteiger partial charge in [-0.05, 0) is 44.4 Å². The van der Waals surface area contributed by atoms with Gasteiger partial charge in [-0.3, -0.25) is 24.0 Å². The lowest BCUT2D eigenvalue weighted by Crippen LogP contribution is -2.58. The number of amides is 5. The van der Waals surface area contributed by atoms with Crippen LogP contribution in [0.4, 0.5) is 0 Å². The minimum absolute atomic E-state index is 0.0304. The maximum atomic E-state index is 13.2. The largest absolute Gasteiger partial charge is 0.460 e. The van der Waals surface area contributed by atoms with E-state index in [0.717, 1.165) is 32.1 Å². The van der Waals surface area contributed by atoms with Crippen molar-refractivity contribution in [2.45, 2.75) is 131 Å². The monoisotopic (exact) mass is 609 g/mol. The average Bonchev–Trinajstić information content (AvgIpc) is 2.93. The van der Waals surface area contributed by atoms with Crippen LogP contribution in [0.25, 0.3) is 0 Å². The molecule has 0 bridgehead atoms. The summed E-state index contributed by atoms with van der Waals surface area (Å²) in [5.41, 5.74) is 0. The van der Waals surface area contributed by atoms with Crippen molar-refractivity contribution in [1.29, 1.82) is 0 Å². The summed E-state index contributed by atoms with van der Waals surface area (Å²) in [5.74, 6) is -4.73. The van der Waals surface area contributed by atoms with E-state index >= 15 is 0 Å².